The molecule has 4 aliphatic rings. The Bertz CT molecular complexity index is 973. The van der Waals surface area contributed by atoms with Gasteiger partial charge in [-0.15, -0.1) is 0 Å². The van der Waals surface area contributed by atoms with Crippen LogP contribution in [-0.4, -0.2) is 35.0 Å². The van der Waals surface area contributed by atoms with Crippen LogP contribution in [0.25, 0.3) is 0 Å². The maximum Gasteiger partial charge on any atom is 0.302 e. The van der Waals surface area contributed by atoms with E-state index in [-0.39, 0.29) is 46.4 Å². The summed E-state index contributed by atoms with van der Waals surface area (Å²) < 4.78 is 5.82. The van der Waals surface area contributed by atoms with Gasteiger partial charge >= 0.3 is 5.97 Å². The third kappa shape index (κ3) is 3.97. The van der Waals surface area contributed by atoms with Crippen LogP contribution in [0.5, 0.6) is 0 Å². The van der Waals surface area contributed by atoms with Gasteiger partial charge in [-0.25, -0.2) is 0 Å². The molecule has 0 aromatic rings. The van der Waals surface area contributed by atoms with E-state index in [4.69, 9.17) is 4.74 Å². The van der Waals surface area contributed by atoms with Gasteiger partial charge in [-0.3, -0.25) is 4.79 Å². The number of hydrogen-bond acceptors (Lipinski definition) is 4. The normalized spacial score (nSPS) is 42.4. The molecule has 0 aromatic heterocycles. The van der Waals surface area contributed by atoms with Crippen LogP contribution in [0.1, 0.15) is 100 Å². The maximum atomic E-state index is 11.8. The highest BCUT2D eigenvalue weighted by Crippen LogP contribution is 2.71. The molecule has 2 fully saturated rings. The van der Waals surface area contributed by atoms with Gasteiger partial charge < -0.3 is 14.9 Å². The number of allylic oxidation sites excluding steroid dienone is 4. The van der Waals surface area contributed by atoms with E-state index in [1.807, 2.05) is 6.92 Å². The Kier molecular flexibility index (Phi) is 7.23. The minimum Gasteiger partial charge on any atom is -0.462 e. The fraction of sp³-hybridized carbons (Fsp3) is 0.781. The Morgan fingerprint density at radius 2 is 1.86 bits per heavy atom. The van der Waals surface area contributed by atoms with E-state index in [1.54, 1.807) is 0 Å². The monoisotopic (exact) mass is 498 g/mol. The summed E-state index contributed by atoms with van der Waals surface area (Å²) in [7, 11) is 0. The number of carbonyl (C=O) groups excluding carboxylic acids is 1. The van der Waals surface area contributed by atoms with Gasteiger partial charge in [0, 0.05) is 17.8 Å². The molecule has 0 aliphatic heterocycles. The van der Waals surface area contributed by atoms with Crippen LogP contribution >= 0.6 is 0 Å². The lowest BCUT2D eigenvalue weighted by molar-refractivity contribution is -0.165. The third-order valence-corrected chi connectivity index (χ3v) is 11.7. The molecule has 4 rings (SSSR count). The van der Waals surface area contributed by atoms with Crippen molar-refractivity contribution in [1.82, 2.24) is 0 Å². The van der Waals surface area contributed by atoms with Crippen LogP contribution in [-0.2, 0) is 9.53 Å². The fourth-order valence-corrected chi connectivity index (χ4v) is 9.19. The van der Waals surface area contributed by atoms with Crippen LogP contribution in [0, 0.1) is 39.4 Å². The fourth-order valence-electron chi connectivity index (χ4n) is 9.19. The molecular weight excluding hydrogens is 448 g/mol. The minimum atomic E-state index is -0.342. The zero-order valence-electron chi connectivity index (χ0n) is 24.0. The number of ether oxygens (including phenoxy) is 1. The quantitative estimate of drug-likeness (QED) is 0.313. The molecule has 36 heavy (non-hydrogen) atoms. The molecule has 0 spiro atoms. The maximum absolute atomic E-state index is 11.8. The van der Waals surface area contributed by atoms with Gasteiger partial charge in [0.1, 0.15) is 6.10 Å². The second kappa shape index (κ2) is 9.42. The third-order valence-electron chi connectivity index (χ3n) is 11.7. The summed E-state index contributed by atoms with van der Waals surface area (Å²) in [6.07, 6.45) is 13.6. The van der Waals surface area contributed by atoms with Gasteiger partial charge in [0.25, 0.3) is 0 Å². The number of fused-ring (bicyclic) bond motifs is 5. The van der Waals surface area contributed by atoms with Crippen LogP contribution in [0.3, 0.4) is 0 Å². The van der Waals surface area contributed by atoms with E-state index in [0.29, 0.717) is 17.8 Å². The van der Waals surface area contributed by atoms with Gasteiger partial charge in [0.15, 0.2) is 0 Å². The van der Waals surface area contributed by atoms with Crippen LogP contribution in [0.2, 0.25) is 0 Å². The summed E-state index contributed by atoms with van der Waals surface area (Å²) in [5.41, 5.74) is 3.59. The molecule has 8 atom stereocenters. The van der Waals surface area contributed by atoms with Crippen molar-refractivity contribution in [3.8, 4) is 0 Å². The molecule has 4 heteroatoms. The van der Waals surface area contributed by atoms with Gasteiger partial charge in [-0.2, -0.15) is 0 Å². The molecule has 2 N–H and O–H groups in total. The van der Waals surface area contributed by atoms with Gasteiger partial charge in [0.2, 0.25) is 0 Å². The van der Waals surface area contributed by atoms with Crippen molar-refractivity contribution in [2.24, 2.45) is 39.4 Å². The molecule has 0 bridgehead atoms. The van der Waals surface area contributed by atoms with Crippen molar-refractivity contribution in [3.63, 3.8) is 0 Å². The second-order valence-corrected chi connectivity index (χ2v) is 13.8. The van der Waals surface area contributed by atoms with Crippen molar-refractivity contribution < 1.29 is 19.7 Å². The minimum absolute atomic E-state index is 0.0184. The molecule has 4 nitrogen and oxygen atoms in total. The summed E-state index contributed by atoms with van der Waals surface area (Å²) in [5.74, 6) is 1.19. The molecule has 0 aromatic carbocycles. The standard InChI is InChI=1S/C32H50O4/c1-20(19-33)10-9-11-21(2)25-18-27(35)32(8)24-12-13-26-29(4,5)28(36-22(3)34)15-16-30(26,6)23(24)14-17-31(25,32)7/h10,12,14,21,25-28,33,35H,9,11,13,15-19H2,1-8H3/b20-10+/t21-,25-,26+,27+,28+,30-,31-,32-/m1/s1. The van der Waals surface area contributed by atoms with Crippen LogP contribution in [0.4, 0.5) is 0 Å². The molecule has 0 radical (unpaired) electrons. The van der Waals surface area contributed by atoms with Crippen LogP contribution in [0.15, 0.2) is 34.9 Å². The molecule has 202 valence electrons. The van der Waals surface area contributed by atoms with Crippen molar-refractivity contribution in [2.75, 3.05) is 6.61 Å². The van der Waals surface area contributed by atoms with E-state index in [9.17, 15) is 15.0 Å². The Balaban J connectivity index is 1.66. The van der Waals surface area contributed by atoms with Crippen molar-refractivity contribution >= 4 is 5.97 Å². The Morgan fingerprint density at radius 3 is 2.50 bits per heavy atom. The first kappa shape index (κ1) is 27.6. The van der Waals surface area contributed by atoms with Crippen molar-refractivity contribution in [1.29, 1.82) is 0 Å². The van der Waals surface area contributed by atoms with E-state index < -0.39 is 0 Å². The molecule has 2 saturated carbocycles. The first-order chi connectivity index (χ1) is 16.7. The summed E-state index contributed by atoms with van der Waals surface area (Å²) in [5, 5.41) is 21.1. The average Bonchev–Trinajstić information content (AvgIpc) is 3.02. The zero-order chi connectivity index (χ0) is 26.7. The Morgan fingerprint density at radius 1 is 1.17 bits per heavy atom. The van der Waals surface area contributed by atoms with E-state index in [1.165, 1.54) is 18.1 Å². The van der Waals surface area contributed by atoms with Crippen molar-refractivity contribution in [3.05, 3.63) is 34.9 Å². The Hall–Kier alpha value is -1.39. The first-order valence-corrected chi connectivity index (χ1v) is 14.3. The summed E-state index contributed by atoms with van der Waals surface area (Å²) >= 11 is 0. The van der Waals surface area contributed by atoms with Gasteiger partial charge in [-0.1, -0.05) is 65.3 Å². The van der Waals surface area contributed by atoms with E-state index in [2.05, 4.69) is 59.8 Å². The van der Waals surface area contributed by atoms with Crippen LogP contribution < -0.4 is 0 Å². The largest absolute Gasteiger partial charge is 0.462 e. The molecule has 0 amide bonds. The molecular formula is C32H50O4. The highest BCUT2D eigenvalue weighted by atomic mass is 16.5. The number of hydrogen-bond donors (Lipinski definition) is 2. The lowest BCUT2D eigenvalue weighted by atomic mass is 9.44. The van der Waals surface area contributed by atoms with E-state index in [0.717, 1.165) is 50.5 Å². The predicted molar refractivity (Wildman–Crippen MR) is 145 cm³/mol. The summed E-state index contributed by atoms with van der Waals surface area (Å²) in [6, 6.07) is 0. The average molecular weight is 499 g/mol. The Labute approximate surface area is 219 Å². The predicted octanol–water partition coefficient (Wildman–Crippen LogP) is 6.77. The highest BCUT2D eigenvalue weighted by molar-refractivity contribution is 5.66. The number of rotatable bonds is 6. The summed E-state index contributed by atoms with van der Waals surface area (Å²) in [6.45, 7) is 17.8. The SMILES string of the molecule is CC(=O)O[C@H]1CC[C@]2(C)C3=CC[C@]4(C)[C@@H]([C@H](C)CC/C=C(\C)CO)C[C@H](O)[C@@]4(C)C3=CC[C@H]2C1(C)C. The number of carbonyl (C=O) groups is 1. The number of esters is 1. The van der Waals surface area contributed by atoms with Crippen molar-refractivity contribution in [2.45, 2.75) is 113 Å². The summed E-state index contributed by atoms with van der Waals surface area (Å²) in [4.78, 5) is 11.8. The zero-order valence-corrected chi connectivity index (χ0v) is 24.0. The highest BCUT2D eigenvalue weighted by Gasteiger charge is 2.66. The lowest BCUT2D eigenvalue weighted by Gasteiger charge is -2.61. The second-order valence-electron chi connectivity index (χ2n) is 13.8. The topological polar surface area (TPSA) is 66.8 Å². The molecule has 0 heterocycles. The smallest absolute Gasteiger partial charge is 0.302 e. The number of aliphatic hydroxyl groups excluding tert-OH is 2. The molecule has 0 unspecified atom stereocenters. The van der Waals surface area contributed by atoms with Gasteiger partial charge in [0.05, 0.1) is 12.7 Å². The first-order valence-electron chi connectivity index (χ1n) is 14.3. The van der Waals surface area contributed by atoms with Gasteiger partial charge in [-0.05, 0) is 91.6 Å². The lowest BCUT2D eigenvalue weighted by Crippen LogP contribution is -2.56. The molecule has 0 saturated heterocycles. The number of aliphatic hydroxyl groups is 2. The van der Waals surface area contributed by atoms with E-state index >= 15 is 0 Å². The molecule has 4 aliphatic carbocycles.